The van der Waals surface area contributed by atoms with Gasteiger partial charge in [-0.2, -0.15) is 50.5 Å². The van der Waals surface area contributed by atoms with E-state index in [1.807, 2.05) is 0 Å². The number of thiol groups is 4. The fraction of sp³-hybridized carbons (Fsp3) is 0.854. The summed E-state index contributed by atoms with van der Waals surface area (Å²) >= 11 is 17.2. The Morgan fingerprint density at radius 3 is 0.526 bits per heavy atom. The van der Waals surface area contributed by atoms with Gasteiger partial charge >= 0.3 is 80.0 Å². The van der Waals surface area contributed by atoms with Gasteiger partial charge in [-0.1, -0.05) is 282 Å². The van der Waals surface area contributed by atoms with E-state index in [1.54, 1.807) is 0 Å². The molecule has 0 heterocycles. The van der Waals surface area contributed by atoms with Crippen LogP contribution in [0.5, 0.6) is 0 Å². The van der Waals surface area contributed by atoms with Crippen molar-refractivity contribution in [3.8, 4) is 0 Å². The molecule has 0 fully saturated rings. The molecule has 0 bridgehead atoms. The third-order valence-corrected chi connectivity index (χ3v) is 40.6. The first-order valence-electron chi connectivity index (χ1n) is 40.1. The van der Waals surface area contributed by atoms with Gasteiger partial charge in [0.2, 0.25) is 0 Å². The van der Waals surface area contributed by atoms with Crippen molar-refractivity contribution in [3.63, 3.8) is 0 Å². The zero-order valence-electron chi connectivity index (χ0n) is 63.9. The fourth-order valence-corrected chi connectivity index (χ4v) is 23.6. The summed E-state index contributed by atoms with van der Waals surface area (Å²) in [4.78, 5) is 48.8. The molecule has 15 heteroatoms. The van der Waals surface area contributed by atoms with Gasteiger partial charge in [0.1, 0.15) is 0 Å². The molecule has 2 radical (unpaired) electrons. The van der Waals surface area contributed by atoms with Crippen LogP contribution >= 0.6 is 56.5 Å². The standard InChI is InChI=1S/4C20H38O2S.2CH3.S.2Sb/c4*1-2-3-4-5-6-7-8-9-10-11-12-13-14-15-16-19(17-18-23)20(21)22;;;;;/h4*9-10,19,23H,2-8,11-18H2,1H3,(H,21,22);2*1H3;;;/b4*10-9-;;;;;. The quantitative estimate of drug-likeness (QED) is 0.0129. The van der Waals surface area contributed by atoms with Crippen LogP contribution in [0, 0.1) is 23.7 Å². The van der Waals surface area contributed by atoms with E-state index in [1.165, 1.54) is 257 Å². The second-order valence-corrected chi connectivity index (χ2v) is 46.4. The summed E-state index contributed by atoms with van der Waals surface area (Å²) in [5.41, 5.74) is 0. The minimum absolute atomic E-state index is 0.190. The van der Waals surface area contributed by atoms with Crippen LogP contribution in [0.2, 0.25) is 9.74 Å². The normalized spacial score (nSPS) is 12.6. The van der Waals surface area contributed by atoms with Gasteiger partial charge in [0.15, 0.2) is 0 Å². The van der Waals surface area contributed by atoms with E-state index in [9.17, 15) is 19.2 Å². The van der Waals surface area contributed by atoms with E-state index in [0.29, 0.717) is 89.1 Å². The van der Waals surface area contributed by atoms with Gasteiger partial charge in [-0.3, -0.25) is 19.2 Å². The summed E-state index contributed by atoms with van der Waals surface area (Å²) in [5.74, 6) is 1.55. The van der Waals surface area contributed by atoms with Crippen molar-refractivity contribution in [2.75, 3.05) is 23.0 Å². The number of carboxylic acids is 4. The van der Waals surface area contributed by atoms with Crippen molar-refractivity contribution in [1.29, 1.82) is 0 Å². The van der Waals surface area contributed by atoms with Crippen molar-refractivity contribution < 1.29 is 39.6 Å². The van der Waals surface area contributed by atoms with Gasteiger partial charge in [0, 0.05) is 0 Å². The van der Waals surface area contributed by atoms with Crippen molar-refractivity contribution >= 4 is 121 Å². The zero-order valence-corrected chi connectivity index (χ0v) is 73.4. The molecule has 0 aromatic carbocycles. The predicted octanol–water partition coefficient (Wildman–Crippen LogP) is 27.7. The van der Waals surface area contributed by atoms with E-state index in [0.717, 1.165) is 77.0 Å². The fourth-order valence-electron chi connectivity index (χ4n) is 11.4. The molecule has 0 aliphatic carbocycles. The number of carboxylic acid groups (broad SMARTS) is 4. The molecule has 0 saturated heterocycles. The molecule has 0 aromatic rings. The average Bonchev–Trinajstić information content (AvgIpc) is 3.55. The van der Waals surface area contributed by atoms with Crippen LogP contribution in [-0.4, -0.2) is 108 Å². The Kier molecular flexibility index (Phi) is 105. The summed E-state index contributed by atoms with van der Waals surface area (Å²) in [5, 5.41) is 36.3. The van der Waals surface area contributed by atoms with Gasteiger partial charge in [-0.05, 0) is 177 Å². The van der Waals surface area contributed by atoms with E-state index in [-0.39, 0.29) is 23.7 Å². The van der Waals surface area contributed by atoms with E-state index in [4.69, 9.17) is 20.4 Å². The zero-order chi connectivity index (χ0) is 72.8. The molecule has 0 aromatic heterocycles. The molecule has 4 N–H and O–H groups in total. The number of allylic oxidation sites excluding steroid dienone is 8. The first-order chi connectivity index (χ1) is 47.3. The summed E-state index contributed by atoms with van der Waals surface area (Å²) in [6, 6.07) is 0. The molecule has 8 nitrogen and oxygen atoms in total. The summed E-state index contributed by atoms with van der Waals surface area (Å²) in [6.45, 7) is 9.04. The molecule has 4 unspecified atom stereocenters. The molecule has 97 heavy (non-hydrogen) atoms. The van der Waals surface area contributed by atoms with Gasteiger partial charge < -0.3 is 20.4 Å². The molecule has 0 rings (SSSR count). The summed E-state index contributed by atoms with van der Waals surface area (Å²) in [7, 11) is 0. The Balaban J connectivity index is -0.000000378. The number of rotatable bonds is 70. The van der Waals surface area contributed by atoms with E-state index < -0.39 is 23.9 Å². The molecule has 0 amide bonds. The van der Waals surface area contributed by atoms with Crippen LogP contribution in [0.3, 0.4) is 0 Å². The Bertz CT molecular complexity index is 1460. The van der Waals surface area contributed by atoms with Crippen LogP contribution < -0.4 is 0 Å². The van der Waals surface area contributed by atoms with Gasteiger partial charge in [0.05, 0.1) is 23.7 Å². The monoisotopic (exact) mass is 1670 g/mol. The number of unbranched alkanes of at least 4 members (excludes halogenated alkanes) is 40. The van der Waals surface area contributed by atoms with Crippen LogP contribution in [0.25, 0.3) is 0 Å². The van der Waals surface area contributed by atoms with Crippen molar-refractivity contribution in [2.45, 2.75) is 397 Å². The Labute approximate surface area is 646 Å². The van der Waals surface area contributed by atoms with Crippen molar-refractivity contribution in [3.05, 3.63) is 48.6 Å². The van der Waals surface area contributed by atoms with Crippen LogP contribution in [0.4, 0.5) is 0 Å². The predicted molar refractivity (Wildman–Crippen MR) is 449 cm³/mol. The van der Waals surface area contributed by atoms with Crippen LogP contribution in [0.15, 0.2) is 48.6 Å². The number of hydrogen-bond donors (Lipinski definition) is 8. The molecule has 0 aliphatic rings. The summed E-state index contributed by atoms with van der Waals surface area (Å²) < 4.78 is 0. The van der Waals surface area contributed by atoms with Crippen molar-refractivity contribution in [1.82, 2.24) is 0 Å². The topological polar surface area (TPSA) is 149 Å². The van der Waals surface area contributed by atoms with E-state index in [2.05, 4.69) is 142 Å². The second-order valence-electron chi connectivity index (χ2n) is 26.7. The number of hydrogen-bond acceptors (Lipinski definition) is 9. The average molecular weight is 1680 g/mol. The SMILES string of the molecule is CCCCCCCC/C=C\CCCCCCC(CCS)C(=O)O.CCCCCCCC/C=C\CCCCCCC(CCS)C(=O)O.CCCCCCCC/C=C\CCCCCCC(CCS)C(=O)O.CCCCCCCC/C=C\CCCCCCC(CCS)C(=O)O.[CH3][Sb][S][Sb][CH3]. The first-order valence-corrected chi connectivity index (χ1v) is 54.7. The molecule has 574 valence electrons. The maximum absolute atomic E-state index is 11.0. The maximum atomic E-state index is 11.0. The number of aliphatic carboxylic acids is 4. The van der Waals surface area contributed by atoms with Crippen molar-refractivity contribution in [2.24, 2.45) is 23.7 Å². The van der Waals surface area contributed by atoms with Gasteiger partial charge in [-0.25, -0.2) is 0 Å². The van der Waals surface area contributed by atoms with E-state index >= 15 is 0 Å². The Morgan fingerprint density at radius 1 is 0.258 bits per heavy atom. The molecular formula is C82H158O8S5Sb2. The molecule has 0 saturated carbocycles. The molecule has 0 aliphatic heterocycles. The first kappa shape index (κ1) is 106. The molecule has 0 spiro atoms. The molecular weight excluding hydrogens is 1520 g/mol. The van der Waals surface area contributed by atoms with Gasteiger partial charge in [0.25, 0.3) is 0 Å². The number of carbonyl (C=O) groups is 4. The summed E-state index contributed by atoms with van der Waals surface area (Å²) in [6.07, 6.45) is 85.7. The van der Waals surface area contributed by atoms with Crippen LogP contribution in [0.1, 0.15) is 387 Å². The third-order valence-electron chi connectivity index (χ3n) is 17.7. The molecule has 4 atom stereocenters. The second kappa shape index (κ2) is 96.2. The third kappa shape index (κ3) is 96.2. The Hall–Kier alpha value is 0.226. The van der Waals surface area contributed by atoms with Gasteiger partial charge in [-0.15, -0.1) is 0 Å². The van der Waals surface area contributed by atoms with Crippen LogP contribution in [-0.2, 0) is 19.2 Å². The minimum atomic E-state index is -0.656. The Morgan fingerprint density at radius 2 is 0.402 bits per heavy atom.